The Kier molecular flexibility index (Phi) is 19.1. The first kappa shape index (κ1) is 44.3. The SMILES string of the molecule is CCCCCCCCCCCCCCCc1cccc(OCC)c1C1C(C(=O)OC(C)C)C(C)=NC(=S)N1C(=O)OC1CCN(Cc2ccc(F)cc2)CC1. The first-order valence-corrected chi connectivity index (χ1v) is 21.5. The van der Waals surface area contributed by atoms with Gasteiger partial charge in [-0.05, 0) is 94.9 Å². The minimum atomic E-state index is -0.897. The van der Waals surface area contributed by atoms with Crippen molar-refractivity contribution in [3.63, 3.8) is 0 Å². The molecule has 55 heavy (non-hydrogen) atoms. The summed E-state index contributed by atoms with van der Waals surface area (Å²) in [7, 11) is 0. The molecule has 304 valence electrons. The lowest BCUT2D eigenvalue weighted by Gasteiger charge is -2.40. The molecule has 0 saturated carbocycles. The second-order valence-electron chi connectivity index (χ2n) is 15.6. The summed E-state index contributed by atoms with van der Waals surface area (Å²) in [5.74, 6) is -0.996. The Morgan fingerprint density at radius 3 is 2.05 bits per heavy atom. The second kappa shape index (κ2) is 23.6. The Morgan fingerprint density at radius 1 is 0.873 bits per heavy atom. The zero-order valence-electron chi connectivity index (χ0n) is 34.2. The van der Waals surface area contributed by atoms with Crippen LogP contribution in [0.4, 0.5) is 9.18 Å². The molecule has 2 aliphatic rings. The van der Waals surface area contributed by atoms with Gasteiger partial charge in [0.15, 0.2) is 0 Å². The molecule has 10 heteroatoms. The van der Waals surface area contributed by atoms with E-state index in [4.69, 9.17) is 26.4 Å². The third-order valence-electron chi connectivity index (χ3n) is 10.7. The highest BCUT2D eigenvalue weighted by molar-refractivity contribution is 7.80. The topological polar surface area (TPSA) is 80.7 Å². The molecule has 8 nitrogen and oxygen atoms in total. The summed E-state index contributed by atoms with van der Waals surface area (Å²) in [6.07, 6.45) is 17.3. The van der Waals surface area contributed by atoms with Crippen molar-refractivity contribution in [3.05, 3.63) is 65.0 Å². The summed E-state index contributed by atoms with van der Waals surface area (Å²) in [6, 6.07) is 11.7. The highest BCUT2D eigenvalue weighted by Crippen LogP contribution is 2.43. The van der Waals surface area contributed by atoms with Crippen LogP contribution in [-0.4, -0.2) is 64.6 Å². The van der Waals surface area contributed by atoms with E-state index in [1.165, 1.54) is 87.7 Å². The molecule has 4 rings (SSSR count). The van der Waals surface area contributed by atoms with Crippen LogP contribution in [0.25, 0.3) is 0 Å². The fourth-order valence-electron chi connectivity index (χ4n) is 7.85. The van der Waals surface area contributed by atoms with E-state index in [0.717, 1.165) is 49.0 Å². The molecular formula is C45H66FN3O5S. The van der Waals surface area contributed by atoms with Crippen molar-refractivity contribution in [3.8, 4) is 5.75 Å². The minimum absolute atomic E-state index is 0.0630. The number of unbranched alkanes of at least 4 members (excludes halogenated alkanes) is 12. The second-order valence-corrected chi connectivity index (χ2v) is 15.9. The van der Waals surface area contributed by atoms with Gasteiger partial charge in [0.25, 0.3) is 0 Å². The summed E-state index contributed by atoms with van der Waals surface area (Å²) in [4.78, 5) is 36.5. The molecule has 0 bridgehead atoms. The smallest absolute Gasteiger partial charge is 0.417 e. The number of esters is 1. The van der Waals surface area contributed by atoms with Gasteiger partial charge in [-0.25, -0.2) is 19.1 Å². The number of aryl methyl sites for hydroxylation is 1. The van der Waals surface area contributed by atoms with Gasteiger partial charge in [0.2, 0.25) is 5.11 Å². The van der Waals surface area contributed by atoms with Gasteiger partial charge in [-0.1, -0.05) is 108 Å². The average molecular weight is 780 g/mol. The largest absolute Gasteiger partial charge is 0.494 e. The highest BCUT2D eigenvalue weighted by atomic mass is 32.1. The number of rotatable bonds is 22. The fraction of sp³-hybridized carbons (Fsp3) is 0.644. The number of likely N-dealkylation sites (tertiary alicyclic amines) is 1. The number of thiocarbonyl (C=S) groups is 1. The Balaban J connectivity index is 1.47. The van der Waals surface area contributed by atoms with Crippen LogP contribution < -0.4 is 4.74 Å². The van der Waals surface area contributed by atoms with E-state index in [-0.39, 0.29) is 23.1 Å². The van der Waals surface area contributed by atoms with Crippen molar-refractivity contribution in [1.29, 1.82) is 0 Å². The highest BCUT2D eigenvalue weighted by Gasteiger charge is 2.47. The number of carbonyl (C=O) groups is 2. The predicted octanol–water partition coefficient (Wildman–Crippen LogP) is 11.3. The summed E-state index contributed by atoms with van der Waals surface area (Å²) in [6.45, 7) is 12.2. The molecule has 0 radical (unpaired) electrons. The molecule has 1 saturated heterocycles. The molecule has 0 aromatic heterocycles. The van der Waals surface area contributed by atoms with Crippen molar-refractivity contribution in [1.82, 2.24) is 9.80 Å². The van der Waals surface area contributed by atoms with Crippen LogP contribution in [0.2, 0.25) is 0 Å². The Bertz CT molecular complexity index is 1520. The van der Waals surface area contributed by atoms with Gasteiger partial charge >= 0.3 is 12.1 Å². The Labute approximate surface area is 335 Å². The van der Waals surface area contributed by atoms with Crippen molar-refractivity contribution in [2.75, 3.05) is 19.7 Å². The van der Waals surface area contributed by atoms with Crippen LogP contribution in [-0.2, 0) is 27.2 Å². The monoisotopic (exact) mass is 779 g/mol. The average Bonchev–Trinajstić information content (AvgIpc) is 3.15. The zero-order chi connectivity index (χ0) is 39.6. The lowest BCUT2D eigenvalue weighted by Crippen LogP contribution is -2.51. The fourth-order valence-corrected chi connectivity index (χ4v) is 8.19. The van der Waals surface area contributed by atoms with E-state index in [2.05, 4.69) is 22.9 Å². The van der Waals surface area contributed by atoms with Gasteiger partial charge in [-0.3, -0.25) is 9.69 Å². The van der Waals surface area contributed by atoms with Gasteiger partial charge in [-0.15, -0.1) is 0 Å². The van der Waals surface area contributed by atoms with E-state index in [9.17, 15) is 14.0 Å². The maximum atomic E-state index is 14.3. The number of halogens is 1. The Hall–Kier alpha value is -3.37. The maximum Gasteiger partial charge on any atom is 0.417 e. The van der Waals surface area contributed by atoms with Crippen molar-refractivity contribution in [2.24, 2.45) is 10.9 Å². The number of carbonyl (C=O) groups excluding carboxylic acids is 2. The van der Waals surface area contributed by atoms with Crippen LogP contribution in [0.1, 0.15) is 154 Å². The number of nitrogens with zero attached hydrogens (tertiary/aromatic N) is 3. The normalized spacial score (nSPS) is 18.1. The van der Waals surface area contributed by atoms with E-state index < -0.39 is 24.0 Å². The van der Waals surface area contributed by atoms with E-state index >= 15 is 0 Å². The molecule has 1 amide bonds. The number of amides is 1. The van der Waals surface area contributed by atoms with Crippen LogP contribution >= 0.6 is 12.2 Å². The molecule has 0 N–H and O–H groups in total. The molecule has 2 unspecified atom stereocenters. The van der Waals surface area contributed by atoms with Crippen molar-refractivity contribution in [2.45, 2.75) is 162 Å². The van der Waals surface area contributed by atoms with Gasteiger partial charge in [0.05, 0.1) is 18.8 Å². The maximum absolute atomic E-state index is 14.3. The summed E-state index contributed by atoms with van der Waals surface area (Å²) < 4.78 is 31.7. The minimum Gasteiger partial charge on any atom is -0.494 e. The third-order valence-corrected chi connectivity index (χ3v) is 11.0. The van der Waals surface area contributed by atoms with Gasteiger partial charge in [0.1, 0.15) is 23.6 Å². The van der Waals surface area contributed by atoms with E-state index in [1.54, 1.807) is 19.1 Å². The zero-order valence-corrected chi connectivity index (χ0v) is 35.0. The third kappa shape index (κ3) is 14.0. The molecule has 2 aromatic rings. The van der Waals surface area contributed by atoms with Gasteiger partial charge < -0.3 is 14.2 Å². The van der Waals surface area contributed by atoms with Crippen LogP contribution in [0, 0.1) is 11.7 Å². The van der Waals surface area contributed by atoms with Crippen molar-refractivity contribution >= 4 is 35.1 Å². The number of benzene rings is 2. The summed E-state index contributed by atoms with van der Waals surface area (Å²) in [5.41, 5.74) is 3.31. The molecule has 0 aliphatic carbocycles. The first-order chi connectivity index (χ1) is 26.6. The van der Waals surface area contributed by atoms with Crippen molar-refractivity contribution < 1.29 is 28.2 Å². The molecular weight excluding hydrogens is 714 g/mol. The van der Waals surface area contributed by atoms with Gasteiger partial charge in [-0.2, -0.15) is 0 Å². The predicted molar refractivity (Wildman–Crippen MR) is 223 cm³/mol. The standard InChI is InChI=1S/C45H66FN3O5S/c1-6-8-9-10-11-12-13-14-15-16-17-18-19-21-36-22-20-23-39(52-7-2)41(36)42-40(43(50)53-33(3)4)34(5)47-44(55)49(42)45(51)54-38-28-30-48(31-29-38)32-35-24-26-37(46)27-25-35/h20,22-27,33,38,40,42H,6-19,21,28-32H2,1-5H3. The molecule has 0 spiro atoms. The number of piperidine rings is 1. The quantitative estimate of drug-likeness (QED) is 0.0669. The lowest BCUT2D eigenvalue weighted by molar-refractivity contribution is -0.151. The molecule has 1 fully saturated rings. The molecule has 2 aromatic carbocycles. The number of ether oxygens (including phenoxy) is 3. The number of hydrogen-bond acceptors (Lipinski definition) is 7. The number of aliphatic imine (C=N–C) groups is 1. The van der Waals surface area contributed by atoms with Gasteiger partial charge in [0, 0.05) is 30.9 Å². The molecule has 2 atom stereocenters. The number of hydrogen-bond donors (Lipinski definition) is 0. The van der Waals surface area contributed by atoms with Crippen LogP contribution in [0.15, 0.2) is 47.5 Å². The summed E-state index contributed by atoms with van der Waals surface area (Å²) in [5, 5.41) is 0.0630. The first-order valence-electron chi connectivity index (χ1n) is 21.1. The van der Waals surface area contributed by atoms with Crippen LogP contribution in [0.3, 0.4) is 0 Å². The van der Waals surface area contributed by atoms with Crippen LogP contribution in [0.5, 0.6) is 5.75 Å². The molecule has 2 heterocycles. The Morgan fingerprint density at radius 2 is 1.47 bits per heavy atom. The lowest BCUT2D eigenvalue weighted by atomic mass is 9.83. The molecule has 2 aliphatic heterocycles. The van der Waals surface area contributed by atoms with E-state index in [1.807, 2.05) is 32.9 Å². The summed E-state index contributed by atoms with van der Waals surface area (Å²) >= 11 is 5.81. The van der Waals surface area contributed by atoms with E-state index in [0.29, 0.717) is 37.5 Å².